The first-order valence-corrected chi connectivity index (χ1v) is 7.36. The van der Waals surface area contributed by atoms with Gasteiger partial charge in [-0.15, -0.1) is 0 Å². The van der Waals surface area contributed by atoms with Gasteiger partial charge >= 0.3 is 11.9 Å². The molecule has 0 aliphatic carbocycles. The van der Waals surface area contributed by atoms with Gasteiger partial charge in [-0.3, -0.25) is 10.1 Å². The van der Waals surface area contributed by atoms with Crippen molar-refractivity contribution in [2.24, 2.45) is 0 Å². The monoisotopic (exact) mass is 333 g/mol. The lowest BCUT2D eigenvalue weighted by Crippen LogP contribution is -2.13. The Morgan fingerprint density at radius 3 is 2.17 bits per heavy atom. The van der Waals surface area contributed by atoms with Crippen LogP contribution in [0.25, 0.3) is 6.08 Å². The van der Waals surface area contributed by atoms with Crippen LogP contribution in [-0.4, -0.2) is 30.1 Å². The minimum absolute atomic E-state index is 0.0331. The number of benzene rings is 1. The summed E-state index contributed by atoms with van der Waals surface area (Å²) < 4.78 is 9.81. The second-order valence-electron chi connectivity index (χ2n) is 4.74. The summed E-state index contributed by atoms with van der Waals surface area (Å²) in [6.07, 6.45) is 1.47. The molecule has 0 saturated carbocycles. The molecule has 0 saturated heterocycles. The molecule has 0 N–H and O–H groups in total. The highest BCUT2D eigenvalue weighted by atomic mass is 16.6. The summed E-state index contributed by atoms with van der Waals surface area (Å²) in [7, 11) is 0. The van der Waals surface area contributed by atoms with Crippen LogP contribution in [0.3, 0.4) is 0 Å². The highest BCUT2D eigenvalue weighted by Gasteiger charge is 2.17. The molecule has 0 aromatic heterocycles. The third-order valence-electron chi connectivity index (χ3n) is 2.95. The van der Waals surface area contributed by atoms with Crippen LogP contribution in [0.1, 0.15) is 25.8 Å². The Bertz CT molecular complexity index is 660. The van der Waals surface area contributed by atoms with Crippen LogP contribution in [0.15, 0.2) is 42.0 Å². The molecule has 0 aliphatic heterocycles. The van der Waals surface area contributed by atoms with E-state index in [4.69, 9.17) is 9.47 Å². The van der Waals surface area contributed by atoms with E-state index in [1.807, 2.05) is 0 Å². The third kappa shape index (κ3) is 5.68. The van der Waals surface area contributed by atoms with Gasteiger partial charge in [-0.2, -0.15) is 0 Å². The number of nitrogens with zero attached hydrogens (tertiary/aromatic N) is 1. The number of nitro benzene ring substituents is 1. The summed E-state index contributed by atoms with van der Waals surface area (Å²) in [6, 6.07) is 5.67. The maximum absolute atomic E-state index is 12.0. The molecule has 128 valence electrons. The number of carbonyl (C=O) groups is 2. The number of rotatable bonds is 8. The first-order chi connectivity index (χ1) is 11.4. The van der Waals surface area contributed by atoms with E-state index >= 15 is 0 Å². The topological polar surface area (TPSA) is 95.7 Å². The van der Waals surface area contributed by atoms with Gasteiger partial charge in [0.2, 0.25) is 0 Å². The maximum atomic E-state index is 12.0. The first kappa shape index (κ1) is 19.1. The Kier molecular flexibility index (Phi) is 7.35. The molecule has 1 aromatic rings. The van der Waals surface area contributed by atoms with Gasteiger partial charge in [-0.25, -0.2) is 9.59 Å². The van der Waals surface area contributed by atoms with Gasteiger partial charge in [0.25, 0.3) is 5.69 Å². The molecular weight excluding hydrogens is 314 g/mol. The average Bonchev–Trinajstić information content (AvgIpc) is 2.55. The van der Waals surface area contributed by atoms with Crippen molar-refractivity contribution in [1.82, 2.24) is 0 Å². The summed E-state index contributed by atoms with van der Waals surface area (Å²) in [4.78, 5) is 33.9. The molecule has 0 heterocycles. The Labute approximate surface area is 139 Å². The normalized spacial score (nSPS) is 10.8. The number of hydrogen-bond donors (Lipinski definition) is 0. The molecule has 7 nitrogen and oxygen atoms in total. The van der Waals surface area contributed by atoms with E-state index in [1.165, 1.54) is 30.3 Å². The minimum Gasteiger partial charge on any atom is -0.463 e. The smallest absolute Gasteiger partial charge is 0.334 e. The van der Waals surface area contributed by atoms with Crippen molar-refractivity contribution in [3.63, 3.8) is 0 Å². The summed E-state index contributed by atoms with van der Waals surface area (Å²) in [5.41, 5.74) is 0.850. The van der Waals surface area contributed by atoms with Crippen LogP contribution >= 0.6 is 0 Å². The molecule has 0 amide bonds. The summed E-state index contributed by atoms with van der Waals surface area (Å²) >= 11 is 0. The van der Waals surface area contributed by atoms with Crippen molar-refractivity contribution in [2.75, 3.05) is 13.2 Å². The van der Waals surface area contributed by atoms with Gasteiger partial charge in [0.1, 0.15) is 0 Å². The van der Waals surface area contributed by atoms with E-state index in [2.05, 4.69) is 6.58 Å². The van der Waals surface area contributed by atoms with Crippen LogP contribution < -0.4 is 0 Å². The molecule has 0 unspecified atom stereocenters. The molecule has 24 heavy (non-hydrogen) atoms. The Morgan fingerprint density at radius 2 is 1.67 bits per heavy atom. The fourth-order valence-corrected chi connectivity index (χ4v) is 1.83. The first-order valence-electron chi connectivity index (χ1n) is 7.36. The molecule has 0 bridgehead atoms. The van der Waals surface area contributed by atoms with E-state index in [1.54, 1.807) is 13.8 Å². The van der Waals surface area contributed by atoms with Gasteiger partial charge in [0.05, 0.1) is 18.1 Å². The van der Waals surface area contributed by atoms with Gasteiger partial charge in [-0.1, -0.05) is 6.58 Å². The van der Waals surface area contributed by atoms with E-state index in [0.717, 1.165) is 0 Å². The zero-order valence-corrected chi connectivity index (χ0v) is 13.6. The Morgan fingerprint density at radius 1 is 1.12 bits per heavy atom. The lowest BCUT2D eigenvalue weighted by Gasteiger charge is -2.09. The summed E-state index contributed by atoms with van der Waals surface area (Å²) in [5, 5.41) is 10.7. The molecule has 0 atom stereocenters. The molecule has 0 fully saturated rings. The van der Waals surface area contributed by atoms with Crippen LogP contribution in [0.5, 0.6) is 0 Å². The molecule has 0 radical (unpaired) electrons. The van der Waals surface area contributed by atoms with Gasteiger partial charge in [0.15, 0.2) is 0 Å². The predicted molar refractivity (Wildman–Crippen MR) is 88.1 cm³/mol. The van der Waals surface area contributed by atoms with Crippen LogP contribution in [0.2, 0.25) is 0 Å². The largest absolute Gasteiger partial charge is 0.463 e. The van der Waals surface area contributed by atoms with Gasteiger partial charge in [-0.05, 0) is 37.6 Å². The number of ether oxygens (including phenoxy) is 2. The molecule has 7 heteroatoms. The fourth-order valence-electron chi connectivity index (χ4n) is 1.83. The molecule has 0 spiro atoms. The number of carbonyl (C=O) groups excluding carboxylic acids is 2. The SMILES string of the molecule is C=C(C/C(=C/c1ccc([N+](=O)[O-])cc1)C(=O)OCC)C(=O)OCC. The highest BCUT2D eigenvalue weighted by Crippen LogP contribution is 2.19. The second-order valence-corrected chi connectivity index (χ2v) is 4.74. The third-order valence-corrected chi connectivity index (χ3v) is 2.95. The quantitative estimate of drug-likeness (QED) is 0.314. The fraction of sp³-hybridized carbons (Fsp3) is 0.294. The van der Waals surface area contributed by atoms with Crippen LogP contribution in [0, 0.1) is 10.1 Å². The minimum atomic E-state index is -0.587. The second kappa shape index (κ2) is 9.24. The lowest BCUT2D eigenvalue weighted by atomic mass is 10.0. The number of hydrogen-bond acceptors (Lipinski definition) is 6. The van der Waals surface area contributed by atoms with Gasteiger partial charge in [0, 0.05) is 29.7 Å². The van der Waals surface area contributed by atoms with Crippen molar-refractivity contribution >= 4 is 23.7 Å². The number of nitro groups is 1. The van der Waals surface area contributed by atoms with Crippen molar-refractivity contribution in [3.8, 4) is 0 Å². The van der Waals surface area contributed by atoms with Crippen LogP contribution in [0.4, 0.5) is 5.69 Å². The zero-order chi connectivity index (χ0) is 18.1. The Hall–Kier alpha value is -2.96. The maximum Gasteiger partial charge on any atom is 0.334 e. The molecule has 1 rings (SSSR count). The number of non-ortho nitro benzene ring substituents is 1. The van der Waals surface area contributed by atoms with Crippen molar-refractivity contribution in [3.05, 3.63) is 57.7 Å². The lowest BCUT2D eigenvalue weighted by molar-refractivity contribution is -0.384. The predicted octanol–water partition coefficient (Wildman–Crippen LogP) is 3.05. The Balaban J connectivity index is 3.04. The van der Waals surface area contributed by atoms with E-state index in [-0.39, 0.29) is 36.5 Å². The standard InChI is InChI=1S/C17H19NO6/c1-4-23-16(19)12(3)10-14(17(20)24-5-2)11-13-6-8-15(9-7-13)18(21)22/h6-9,11H,3-5,10H2,1-2H3/b14-11-. The van der Waals surface area contributed by atoms with Crippen molar-refractivity contribution < 1.29 is 24.0 Å². The zero-order valence-electron chi connectivity index (χ0n) is 13.6. The molecular formula is C17H19NO6. The highest BCUT2D eigenvalue weighted by molar-refractivity contribution is 5.97. The molecule has 1 aromatic carbocycles. The van der Waals surface area contributed by atoms with Crippen molar-refractivity contribution in [2.45, 2.75) is 20.3 Å². The van der Waals surface area contributed by atoms with Crippen molar-refractivity contribution in [1.29, 1.82) is 0 Å². The average molecular weight is 333 g/mol. The number of esters is 2. The van der Waals surface area contributed by atoms with Gasteiger partial charge < -0.3 is 9.47 Å². The van der Waals surface area contributed by atoms with E-state index < -0.39 is 16.9 Å². The van der Waals surface area contributed by atoms with Crippen LogP contribution in [-0.2, 0) is 19.1 Å². The van der Waals surface area contributed by atoms with E-state index in [9.17, 15) is 19.7 Å². The summed E-state index contributed by atoms with van der Waals surface area (Å²) in [5.74, 6) is -1.17. The summed E-state index contributed by atoms with van der Waals surface area (Å²) in [6.45, 7) is 7.35. The van der Waals surface area contributed by atoms with E-state index in [0.29, 0.717) is 5.56 Å². The molecule has 0 aliphatic rings.